The van der Waals surface area contributed by atoms with Crippen LogP contribution in [0.25, 0.3) is 0 Å². The molecular formula is C14H9ClF2N2O2. The van der Waals surface area contributed by atoms with Gasteiger partial charge in [0.1, 0.15) is 0 Å². The molecule has 7 heteroatoms. The Morgan fingerprint density at radius 2 is 1.81 bits per heavy atom. The fraction of sp³-hybridized carbons (Fsp3) is 0. The number of nitrogens with two attached hydrogens (primary N) is 1. The highest BCUT2D eigenvalue weighted by molar-refractivity contribution is 6.34. The van der Waals surface area contributed by atoms with Gasteiger partial charge < -0.3 is 11.1 Å². The number of hydrogen-bond acceptors (Lipinski definition) is 2. The van der Waals surface area contributed by atoms with Crippen molar-refractivity contribution in [3.05, 3.63) is 64.2 Å². The summed E-state index contributed by atoms with van der Waals surface area (Å²) in [5.74, 6) is -4.01. The van der Waals surface area contributed by atoms with E-state index >= 15 is 0 Å². The van der Waals surface area contributed by atoms with Crippen LogP contribution < -0.4 is 11.1 Å². The zero-order valence-electron chi connectivity index (χ0n) is 10.5. The SMILES string of the molecule is NC(=O)c1cc(NC(=O)c2cccc(F)c2F)ccc1Cl. The Balaban J connectivity index is 2.30. The fourth-order valence-corrected chi connectivity index (χ4v) is 1.88. The average Bonchev–Trinajstić information content (AvgIpc) is 2.43. The summed E-state index contributed by atoms with van der Waals surface area (Å²) in [6.45, 7) is 0. The Morgan fingerprint density at radius 1 is 1.10 bits per heavy atom. The lowest BCUT2D eigenvalue weighted by Gasteiger charge is -2.08. The lowest BCUT2D eigenvalue weighted by atomic mass is 10.1. The van der Waals surface area contributed by atoms with E-state index < -0.39 is 29.0 Å². The summed E-state index contributed by atoms with van der Waals surface area (Å²) in [6.07, 6.45) is 0. The van der Waals surface area contributed by atoms with Crippen LogP contribution in [0.2, 0.25) is 5.02 Å². The fourth-order valence-electron chi connectivity index (χ4n) is 1.67. The zero-order valence-corrected chi connectivity index (χ0v) is 11.2. The van der Waals surface area contributed by atoms with E-state index in [0.29, 0.717) is 0 Å². The minimum Gasteiger partial charge on any atom is -0.366 e. The first-order valence-electron chi connectivity index (χ1n) is 5.75. The van der Waals surface area contributed by atoms with Gasteiger partial charge in [-0.15, -0.1) is 0 Å². The molecule has 0 bridgehead atoms. The molecule has 0 fully saturated rings. The first-order chi connectivity index (χ1) is 9.90. The van der Waals surface area contributed by atoms with Crippen molar-refractivity contribution in [2.75, 3.05) is 5.32 Å². The molecule has 108 valence electrons. The largest absolute Gasteiger partial charge is 0.366 e. The zero-order chi connectivity index (χ0) is 15.6. The van der Waals surface area contributed by atoms with Gasteiger partial charge in [0.25, 0.3) is 5.91 Å². The molecule has 0 radical (unpaired) electrons. The molecule has 0 unspecified atom stereocenters. The highest BCUT2D eigenvalue weighted by Gasteiger charge is 2.16. The lowest BCUT2D eigenvalue weighted by molar-refractivity contribution is 0.0995. The predicted octanol–water partition coefficient (Wildman–Crippen LogP) is 2.97. The van der Waals surface area contributed by atoms with Gasteiger partial charge >= 0.3 is 0 Å². The van der Waals surface area contributed by atoms with Crippen molar-refractivity contribution in [1.29, 1.82) is 0 Å². The summed E-state index contributed by atoms with van der Waals surface area (Å²) in [4.78, 5) is 23.0. The second-order valence-corrected chi connectivity index (χ2v) is 4.52. The number of hydrogen-bond donors (Lipinski definition) is 2. The van der Waals surface area contributed by atoms with E-state index in [2.05, 4.69) is 5.32 Å². The molecule has 0 atom stereocenters. The second kappa shape index (κ2) is 5.88. The molecule has 2 rings (SSSR count). The van der Waals surface area contributed by atoms with Gasteiger partial charge in [-0.3, -0.25) is 9.59 Å². The van der Waals surface area contributed by atoms with Gasteiger partial charge in [-0.2, -0.15) is 0 Å². The van der Waals surface area contributed by atoms with Crippen molar-refractivity contribution >= 4 is 29.1 Å². The monoisotopic (exact) mass is 310 g/mol. The topological polar surface area (TPSA) is 72.2 Å². The summed E-state index contributed by atoms with van der Waals surface area (Å²) in [6, 6.07) is 7.27. The Hall–Kier alpha value is -2.47. The van der Waals surface area contributed by atoms with Crippen LogP contribution in [0.4, 0.5) is 14.5 Å². The van der Waals surface area contributed by atoms with Crippen molar-refractivity contribution in [2.24, 2.45) is 5.73 Å². The van der Waals surface area contributed by atoms with E-state index in [1.54, 1.807) is 0 Å². The van der Waals surface area contributed by atoms with Crippen LogP contribution in [0.5, 0.6) is 0 Å². The first kappa shape index (κ1) is 14.9. The normalized spacial score (nSPS) is 10.2. The van der Waals surface area contributed by atoms with E-state index in [9.17, 15) is 18.4 Å². The maximum atomic E-state index is 13.5. The molecule has 2 amide bonds. The molecule has 2 aromatic rings. The molecule has 0 aliphatic carbocycles. The smallest absolute Gasteiger partial charge is 0.258 e. The second-order valence-electron chi connectivity index (χ2n) is 4.11. The maximum absolute atomic E-state index is 13.5. The molecule has 21 heavy (non-hydrogen) atoms. The lowest BCUT2D eigenvalue weighted by Crippen LogP contribution is -2.16. The van der Waals surface area contributed by atoms with Gasteiger partial charge in [0.2, 0.25) is 5.91 Å². The molecular weight excluding hydrogens is 302 g/mol. The minimum atomic E-state index is -1.25. The Bertz CT molecular complexity index is 735. The van der Waals surface area contributed by atoms with Gasteiger partial charge in [0.05, 0.1) is 16.1 Å². The van der Waals surface area contributed by atoms with Crippen LogP contribution in [-0.4, -0.2) is 11.8 Å². The van der Waals surface area contributed by atoms with Gasteiger partial charge in [-0.25, -0.2) is 8.78 Å². The first-order valence-corrected chi connectivity index (χ1v) is 6.12. The van der Waals surface area contributed by atoms with Crippen molar-refractivity contribution in [3.8, 4) is 0 Å². The summed E-state index contributed by atoms with van der Waals surface area (Å²) in [5.41, 5.74) is 4.86. The third kappa shape index (κ3) is 3.17. The molecule has 3 N–H and O–H groups in total. The number of nitrogens with one attached hydrogen (secondary N) is 1. The summed E-state index contributed by atoms with van der Waals surface area (Å²) in [5, 5.41) is 2.46. The predicted molar refractivity (Wildman–Crippen MR) is 74.3 cm³/mol. The summed E-state index contributed by atoms with van der Waals surface area (Å²) in [7, 11) is 0. The third-order valence-corrected chi connectivity index (χ3v) is 3.02. The molecule has 0 heterocycles. The molecule has 0 saturated carbocycles. The molecule has 0 aliphatic rings. The number of halogens is 3. The molecule has 2 aromatic carbocycles. The summed E-state index contributed by atoms with van der Waals surface area (Å²) < 4.78 is 26.6. The highest BCUT2D eigenvalue weighted by Crippen LogP contribution is 2.21. The number of anilines is 1. The standard InChI is InChI=1S/C14H9ClF2N2O2/c15-10-5-4-7(6-9(10)13(18)20)19-14(21)8-2-1-3-11(16)12(8)17/h1-6H,(H2,18,20)(H,19,21). The number of carbonyl (C=O) groups excluding carboxylic acids is 2. The van der Waals surface area contributed by atoms with Crippen LogP contribution in [0.3, 0.4) is 0 Å². The molecule has 0 saturated heterocycles. The average molecular weight is 311 g/mol. The Labute approximate surface area is 123 Å². The number of benzene rings is 2. The van der Waals surface area contributed by atoms with E-state index in [0.717, 1.165) is 12.1 Å². The molecule has 0 aromatic heterocycles. The quantitative estimate of drug-likeness (QED) is 0.914. The van der Waals surface area contributed by atoms with E-state index in [1.807, 2.05) is 0 Å². The third-order valence-electron chi connectivity index (χ3n) is 2.69. The van der Waals surface area contributed by atoms with E-state index in [4.69, 9.17) is 17.3 Å². The Kier molecular flexibility index (Phi) is 4.18. The van der Waals surface area contributed by atoms with Crippen LogP contribution in [0.15, 0.2) is 36.4 Å². The maximum Gasteiger partial charge on any atom is 0.258 e. The van der Waals surface area contributed by atoms with E-state index in [1.165, 1.54) is 24.3 Å². The van der Waals surface area contributed by atoms with Gasteiger partial charge in [0.15, 0.2) is 11.6 Å². The number of rotatable bonds is 3. The highest BCUT2D eigenvalue weighted by atomic mass is 35.5. The molecule has 0 aliphatic heterocycles. The Morgan fingerprint density at radius 3 is 2.48 bits per heavy atom. The van der Waals surface area contributed by atoms with Crippen LogP contribution in [0, 0.1) is 11.6 Å². The summed E-state index contributed by atoms with van der Waals surface area (Å²) >= 11 is 5.77. The van der Waals surface area contributed by atoms with Crippen molar-refractivity contribution in [2.45, 2.75) is 0 Å². The minimum absolute atomic E-state index is 0.00850. The van der Waals surface area contributed by atoms with E-state index in [-0.39, 0.29) is 16.3 Å². The van der Waals surface area contributed by atoms with Crippen molar-refractivity contribution in [3.63, 3.8) is 0 Å². The van der Waals surface area contributed by atoms with Crippen molar-refractivity contribution < 1.29 is 18.4 Å². The van der Waals surface area contributed by atoms with Gasteiger partial charge in [-0.05, 0) is 30.3 Å². The molecule has 0 spiro atoms. The van der Waals surface area contributed by atoms with Crippen LogP contribution in [-0.2, 0) is 0 Å². The molecule has 4 nitrogen and oxygen atoms in total. The number of primary amides is 1. The van der Waals surface area contributed by atoms with Crippen LogP contribution in [0.1, 0.15) is 20.7 Å². The van der Waals surface area contributed by atoms with Gasteiger partial charge in [-0.1, -0.05) is 17.7 Å². The van der Waals surface area contributed by atoms with Gasteiger partial charge in [0, 0.05) is 5.69 Å². The van der Waals surface area contributed by atoms with Crippen LogP contribution >= 0.6 is 11.6 Å². The number of carbonyl (C=O) groups is 2. The number of amides is 2. The van der Waals surface area contributed by atoms with Crippen molar-refractivity contribution in [1.82, 2.24) is 0 Å².